The summed E-state index contributed by atoms with van der Waals surface area (Å²) in [6.45, 7) is 3.88. The van der Waals surface area contributed by atoms with Crippen molar-refractivity contribution in [2.45, 2.75) is 6.42 Å². The maximum Gasteiger partial charge on any atom is 0.00621 e. The molecule has 1 atom stereocenters. The topological polar surface area (TPSA) is 0 Å². The van der Waals surface area contributed by atoms with Crippen molar-refractivity contribution in [2.24, 2.45) is 5.92 Å². The van der Waals surface area contributed by atoms with Gasteiger partial charge in [-0.25, -0.2) is 0 Å². The first-order chi connectivity index (χ1) is 4.86. The molecular formula is C10H8. The summed E-state index contributed by atoms with van der Waals surface area (Å²) in [7, 11) is 0. The molecule has 0 bridgehead atoms. The van der Waals surface area contributed by atoms with Crippen molar-refractivity contribution in [1.29, 1.82) is 0 Å². The normalized spacial score (nSPS) is 32.6. The summed E-state index contributed by atoms with van der Waals surface area (Å²) in [4.78, 5) is 0. The van der Waals surface area contributed by atoms with Crippen LogP contribution in [0.15, 0.2) is 47.1 Å². The summed E-state index contributed by atoms with van der Waals surface area (Å²) >= 11 is 0. The zero-order chi connectivity index (χ0) is 6.72. The van der Waals surface area contributed by atoms with E-state index < -0.39 is 0 Å². The molecule has 3 aliphatic rings. The van der Waals surface area contributed by atoms with Crippen LogP contribution in [0.4, 0.5) is 0 Å². The molecule has 0 heteroatoms. The molecule has 0 aromatic heterocycles. The Morgan fingerprint density at radius 3 is 2.60 bits per heavy atom. The fourth-order valence-corrected chi connectivity index (χ4v) is 1.67. The summed E-state index contributed by atoms with van der Waals surface area (Å²) in [5.74, 6) is 0.823. The molecule has 0 aliphatic heterocycles. The van der Waals surface area contributed by atoms with Gasteiger partial charge in [-0.1, -0.05) is 18.7 Å². The van der Waals surface area contributed by atoms with E-state index in [2.05, 4.69) is 24.8 Å². The van der Waals surface area contributed by atoms with Gasteiger partial charge >= 0.3 is 0 Å². The summed E-state index contributed by atoms with van der Waals surface area (Å²) < 4.78 is 0. The van der Waals surface area contributed by atoms with Gasteiger partial charge in [-0.2, -0.15) is 0 Å². The van der Waals surface area contributed by atoms with Crippen LogP contribution in [0.5, 0.6) is 0 Å². The van der Waals surface area contributed by atoms with Crippen molar-refractivity contribution in [2.75, 3.05) is 0 Å². The van der Waals surface area contributed by atoms with E-state index in [0.29, 0.717) is 0 Å². The van der Waals surface area contributed by atoms with Gasteiger partial charge in [0.05, 0.1) is 0 Å². The average Bonchev–Trinajstić information content (AvgIpc) is 2.79. The quantitative estimate of drug-likeness (QED) is 0.508. The van der Waals surface area contributed by atoms with Crippen molar-refractivity contribution in [1.82, 2.24) is 0 Å². The Balaban J connectivity index is 2.00. The highest BCUT2D eigenvalue weighted by Gasteiger charge is 2.36. The monoisotopic (exact) mass is 128 g/mol. The molecule has 1 unspecified atom stereocenters. The minimum absolute atomic E-state index is 0.823. The highest BCUT2D eigenvalue weighted by atomic mass is 14.4. The maximum absolute atomic E-state index is 3.88. The smallest absolute Gasteiger partial charge is 0.00621 e. The van der Waals surface area contributed by atoms with E-state index in [9.17, 15) is 0 Å². The van der Waals surface area contributed by atoms with E-state index in [1.165, 1.54) is 23.1 Å². The van der Waals surface area contributed by atoms with Crippen LogP contribution in [-0.2, 0) is 0 Å². The predicted molar refractivity (Wildman–Crippen MR) is 41.5 cm³/mol. The number of hydrogen-bond donors (Lipinski definition) is 0. The lowest BCUT2D eigenvalue weighted by Gasteiger charge is -1.88. The van der Waals surface area contributed by atoms with E-state index in [4.69, 9.17) is 0 Å². The third-order valence-corrected chi connectivity index (χ3v) is 2.43. The first-order valence-corrected chi connectivity index (χ1v) is 3.70. The molecule has 0 saturated carbocycles. The Kier molecular flexibility index (Phi) is 0.565. The van der Waals surface area contributed by atoms with Crippen LogP contribution >= 0.6 is 0 Å². The lowest BCUT2D eigenvalue weighted by atomic mass is 10.2. The highest BCUT2D eigenvalue weighted by molar-refractivity contribution is 5.75. The van der Waals surface area contributed by atoms with Crippen LogP contribution in [0.1, 0.15) is 6.42 Å². The maximum atomic E-state index is 3.88. The standard InChI is InChI=1S/C10H8/c1-6-4-9(6)8-3-2-7-5-10(7)8/h3-5,7H,1-2H2. The molecule has 0 saturated heterocycles. The van der Waals surface area contributed by atoms with E-state index in [1.54, 1.807) is 5.57 Å². The SMILES string of the molecule is C=C1C=C1C1=CCC2C=C12. The minimum Gasteiger partial charge on any atom is -0.0911 e. The first kappa shape index (κ1) is 4.73. The van der Waals surface area contributed by atoms with E-state index in [1.807, 2.05) is 0 Å². The molecule has 0 N–H and O–H groups in total. The largest absolute Gasteiger partial charge is 0.0911 e. The molecule has 3 aliphatic carbocycles. The zero-order valence-electron chi connectivity index (χ0n) is 5.72. The van der Waals surface area contributed by atoms with Crippen molar-refractivity contribution in [3.8, 4) is 0 Å². The molecule has 3 rings (SSSR count). The van der Waals surface area contributed by atoms with E-state index >= 15 is 0 Å². The fraction of sp³-hybridized carbons (Fsp3) is 0.200. The molecule has 0 aromatic carbocycles. The number of allylic oxidation sites excluding steroid dienone is 7. The van der Waals surface area contributed by atoms with E-state index in [0.717, 1.165) is 5.92 Å². The fourth-order valence-electron chi connectivity index (χ4n) is 1.67. The average molecular weight is 128 g/mol. The number of rotatable bonds is 1. The molecule has 0 nitrogen and oxygen atoms in total. The van der Waals surface area contributed by atoms with Gasteiger partial charge in [-0.05, 0) is 34.8 Å². The van der Waals surface area contributed by atoms with E-state index in [-0.39, 0.29) is 0 Å². The Labute approximate surface area is 60.2 Å². The third-order valence-electron chi connectivity index (χ3n) is 2.43. The van der Waals surface area contributed by atoms with Crippen molar-refractivity contribution >= 4 is 0 Å². The van der Waals surface area contributed by atoms with Gasteiger partial charge < -0.3 is 0 Å². The predicted octanol–water partition coefficient (Wildman–Crippen LogP) is 2.37. The summed E-state index contributed by atoms with van der Waals surface area (Å²) in [6, 6.07) is 0. The van der Waals surface area contributed by atoms with Crippen LogP contribution in [-0.4, -0.2) is 0 Å². The van der Waals surface area contributed by atoms with Crippen LogP contribution in [0.25, 0.3) is 0 Å². The molecule has 0 radical (unpaired) electrons. The van der Waals surface area contributed by atoms with Crippen molar-refractivity contribution < 1.29 is 0 Å². The second-order valence-electron chi connectivity index (χ2n) is 3.17. The van der Waals surface area contributed by atoms with Gasteiger partial charge in [-0.15, -0.1) is 0 Å². The van der Waals surface area contributed by atoms with Gasteiger partial charge in [-0.3, -0.25) is 0 Å². The van der Waals surface area contributed by atoms with Crippen LogP contribution in [0, 0.1) is 5.92 Å². The van der Waals surface area contributed by atoms with Crippen LogP contribution in [0.3, 0.4) is 0 Å². The molecule has 10 heavy (non-hydrogen) atoms. The van der Waals surface area contributed by atoms with Crippen LogP contribution in [0.2, 0.25) is 0 Å². The molecule has 0 heterocycles. The molecule has 48 valence electrons. The molecule has 0 fully saturated rings. The van der Waals surface area contributed by atoms with Gasteiger partial charge in [0.2, 0.25) is 0 Å². The Bertz CT molecular complexity index is 324. The van der Waals surface area contributed by atoms with Crippen LogP contribution < -0.4 is 0 Å². The Morgan fingerprint density at radius 2 is 2.20 bits per heavy atom. The second kappa shape index (κ2) is 1.20. The molecule has 0 aromatic rings. The molecule has 0 spiro atoms. The number of hydrogen-bond acceptors (Lipinski definition) is 0. The lowest BCUT2D eigenvalue weighted by Crippen LogP contribution is -1.71. The highest BCUT2D eigenvalue weighted by Crippen LogP contribution is 2.51. The molecular weight excluding hydrogens is 120 g/mol. The Hall–Kier alpha value is -1.04. The van der Waals surface area contributed by atoms with Crippen molar-refractivity contribution in [3.63, 3.8) is 0 Å². The molecule has 0 amide bonds. The summed E-state index contributed by atoms with van der Waals surface area (Å²) in [5, 5.41) is 0. The number of fused-ring (bicyclic) bond motifs is 1. The summed E-state index contributed by atoms with van der Waals surface area (Å²) in [5.41, 5.74) is 5.70. The first-order valence-electron chi connectivity index (χ1n) is 3.70. The third kappa shape index (κ3) is 0.431. The van der Waals surface area contributed by atoms with Crippen molar-refractivity contribution in [3.05, 3.63) is 47.1 Å². The Morgan fingerprint density at radius 1 is 1.40 bits per heavy atom. The van der Waals surface area contributed by atoms with Gasteiger partial charge in [0.25, 0.3) is 0 Å². The van der Waals surface area contributed by atoms with Gasteiger partial charge in [0.1, 0.15) is 0 Å². The lowest BCUT2D eigenvalue weighted by molar-refractivity contribution is 0.955. The minimum atomic E-state index is 0.823. The van der Waals surface area contributed by atoms with Gasteiger partial charge in [0, 0.05) is 5.92 Å². The van der Waals surface area contributed by atoms with Gasteiger partial charge in [0.15, 0.2) is 0 Å². The summed E-state index contributed by atoms with van der Waals surface area (Å²) in [6.07, 6.45) is 8.09. The zero-order valence-corrected chi connectivity index (χ0v) is 5.72. The second-order valence-corrected chi connectivity index (χ2v) is 3.17.